The van der Waals surface area contributed by atoms with E-state index in [2.05, 4.69) is 71.6 Å². The van der Waals surface area contributed by atoms with E-state index < -0.39 is 0 Å². The second-order valence-corrected chi connectivity index (χ2v) is 11.3. The van der Waals surface area contributed by atoms with Crippen molar-refractivity contribution in [3.63, 3.8) is 0 Å². The van der Waals surface area contributed by atoms with Gasteiger partial charge in [-0.05, 0) is 140 Å². The molecular weight excluding hydrogens is 460 g/mol. The van der Waals surface area contributed by atoms with Gasteiger partial charge in [-0.3, -0.25) is 0 Å². The van der Waals surface area contributed by atoms with Gasteiger partial charge in [0.05, 0.1) is 6.10 Å². The predicted molar refractivity (Wildman–Crippen MR) is 141 cm³/mol. The zero-order chi connectivity index (χ0) is 22.9. The number of likely N-dealkylation sites (tertiary alicyclic amines) is 1. The van der Waals surface area contributed by atoms with Crippen LogP contribution in [0.1, 0.15) is 84.6 Å². The van der Waals surface area contributed by atoms with Crippen LogP contribution in [0, 0.1) is 11.8 Å². The second kappa shape index (κ2) is 13.3. The number of benzene rings is 1. The Labute approximate surface area is 206 Å². The SMILES string of the molecule is CCN(CC)C1CCC(CCCN2CCC(Cc3cc(OC(C)C)ccc3Br)CC2)CC1. The van der Waals surface area contributed by atoms with Gasteiger partial charge in [0.1, 0.15) is 5.75 Å². The molecule has 1 aliphatic carbocycles. The normalized spacial score (nSPS) is 23.2. The molecule has 1 aliphatic heterocycles. The van der Waals surface area contributed by atoms with E-state index in [1.807, 2.05) is 0 Å². The first kappa shape index (κ1) is 26.0. The molecule has 0 atom stereocenters. The van der Waals surface area contributed by atoms with E-state index >= 15 is 0 Å². The van der Waals surface area contributed by atoms with Crippen LogP contribution in [-0.2, 0) is 6.42 Å². The van der Waals surface area contributed by atoms with Crippen molar-refractivity contribution in [1.29, 1.82) is 0 Å². The number of ether oxygens (including phenoxy) is 1. The minimum atomic E-state index is 0.227. The smallest absolute Gasteiger partial charge is 0.120 e. The van der Waals surface area contributed by atoms with Crippen LogP contribution in [0.4, 0.5) is 0 Å². The van der Waals surface area contributed by atoms with Crippen molar-refractivity contribution < 1.29 is 4.74 Å². The Morgan fingerprint density at radius 1 is 1.00 bits per heavy atom. The van der Waals surface area contributed by atoms with Gasteiger partial charge in [0, 0.05) is 10.5 Å². The topological polar surface area (TPSA) is 15.7 Å². The van der Waals surface area contributed by atoms with E-state index in [1.165, 1.54) is 101 Å². The molecule has 1 aromatic carbocycles. The van der Waals surface area contributed by atoms with Crippen molar-refractivity contribution in [2.75, 3.05) is 32.7 Å². The number of rotatable bonds is 11. The van der Waals surface area contributed by atoms with Gasteiger partial charge in [-0.15, -0.1) is 0 Å². The van der Waals surface area contributed by atoms with E-state index in [9.17, 15) is 0 Å². The first-order valence-electron chi connectivity index (χ1n) is 13.4. The van der Waals surface area contributed by atoms with E-state index in [0.717, 1.165) is 23.6 Å². The molecule has 0 bridgehead atoms. The molecule has 2 aliphatic rings. The third-order valence-electron chi connectivity index (χ3n) is 7.84. The maximum atomic E-state index is 5.91. The minimum absolute atomic E-state index is 0.227. The lowest BCUT2D eigenvalue weighted by molar-refractivity contribution is 0.139. The van der Waals surface area contributed by atoms with Gasteiger partial charge < -0.3 is 14.5 Å². The standard InChI is InChI=1S/C28H47BrN2O/c1-5-31(6-2)26-11-9-23(10-12-26)8-7-17-30-18-15-24(16-19-30)20-25-21-27(32-22(3)4)13-14-28(25)29/h13-14,21-24,26H,5-12,15-20H2,1-4H3. The Morgan fingerprint density at radius 3 is 2.31 bits per heavy atom. The average molecular weight is 508 g/mol. The molecule has 1 aromatic rings. The lowest BCUT2D eigenvalue weighted by Crippen LogP contribution is -2.38. The van der Waals surface area contributed by atoms with Crippen molar-refractivity contribution in [2.45, 2.75) is 97.6 Å². The summed E-state index contributed by atoms with van der Waals surface area (Å²) in [5.74, 6) is 2.78. The molecule has 182 valence electrons. The van der Waals surface area contributed by atoms with Crippen LogP contribution in [0.15, 0.2) is 22.7 Å². The molecule has 1 saturated heterocycles. The Kier molecular flexibility index (Phi) is 10.9. The maximum Gasteiger partial charge on any atom is 0.120 e. The minimum Gasteiger partial charge on any atom is -0.491 e. The highest BCUT2D eigenvalue weighted by molar-refractivity contribution is 9.10. The summed E-state index contributed by atoms with van der Waals surface area (Å²) in [7, 11) is 0. The Morgan fingerprint density at radius 2 is 1.69 bits per heavy atom. The Bertz CT molecular complexity index is 659. The molecule has 0 N–H and O–H groups in total. The van der Waals surface area contributed by atoms with Gasteiger partial charge in [0.2, 0.25) is 0 Å². The molecule has 0 aromatic heterocycles. The molecule has 1 heterocycles. The molecule has 3 rings (SSSR count). The third-order valence-corrected chi connectivity index (χ3v) is 8.61. The Hall–Kier alpha value is -0.580. The lowest BCUT2D eigenvalue weighted by Gasteiger charge is -2.36. The molecule has 4 heteroatoms. The highest BCUT2D eigenvalue weighted by Gasteiger charge is 2.25. The van der Waals surface area contributed by atoms with Crippen molar-refractivity contribution >= 4 is 15.9 Å². The summed E-state index contributed by atoms with van der Waals surface area (Å²) in [6.45, 7) is 15.1. The number of hydrogen-bond donors (Lipinski definition) is 0. The number of halogens is 1. The maximum absolute atomic E-state index is 5.91. The van der Waals surface area contributed by atoms with Crippen LogP contribution in [0.25, 0.3) is 0 Å². The Balaban J connectivity index is 1.33. The summed E-state index contributed by atoms with van der Waals surface area (Å²) in [6.07, 6.45) is 12.7. The van der Waals surface area contributed by atoms with E-state index in [-0.39, 0.29) is 6.10 Å². The molecule has 32 heavy (non-hydrogen) atoms. The van der Waals surface area contributed by atoms with Gasteiger partial charge in [0.25, 0.3) is 0 Å². The summed E-state index contributed by atoms with van der Waals surface area (Å²) < 4.78 is 7.14. The fraction of sp³-hybridized carbons (Fsp3) is 0.786. The molecule has 0 spiro atoms. The summed E-state index contributed by atoms with van der Waals surface area (Å²) >= 11 is 3.76. The van der Waals surface area contributed by atoms with Crippen LogP contribution >= 0.6 is 15.9 Å². The van der Waals surface area contributed by atoms with Gasteiger partial charge in [-0.25, -0.2) is 0 Å². The van der Waals surface area contributed by atoms with Crippen molar-refractivity contribution in [2.24, 2.45) is 11.8 Å². The van der Waals surface area contributed by atoms with Crippen LogP contribution in [0.5, 0.6) is 5.75 Å². The largest absolute Gasteiger partial charge is 0.491 e. The molecule has 3 nitrogen and oxygen atoms in total. The van der Waals surface area contributed by atoms with E-state index in [1.54, 1.807) is 0 Å². The molecule has 0 radical (unpaired) electrons. The quantitative estimate of drug-likeness (QED) is 0.316. The first-order valence-corrected chi connectivity index (χ1v) is 14.2. The summed E-state index contributed by atoms with van der Waals surface area (Å²) in [6, 6.07) is 7.33. The molecular formula is C28H47BrN2O. The average Bonchev–Trinajstić information content (AvgIpc) is 2.79. The van der Waals surface area contributed by atoms with Crippen LogP contribution < -0.4 is 4.74 Å². The van der Waals surface area contributed by atoms with Gasteiger partial charge in [0.15, 0.2) is 0 Å². The fourth-order valence-electron chi connectivity index (χ4n) is 5.92. The highest BCUT2D eigenvalue weighted by atomic mass is 79.9. The van der Waals surface area contributed by atoms with Crippen molar-refractivity contribution in [1.82, 2.24) is 9.80 Å². The monoisotopic (exact) mass is 506 g/mol. The van der Waals surface area contributed by atoms with Gasteiger partial charge in [-0.1, -0.05) is 29.8 Å². The van der Waals surface area contributed by atoms with Gasteiger partial charge in [-0.2, -0.15) is 0 Å². The zero-order valence-electron chi connectivity index (χ0n) is 21.1. The molecule has 0 unspecified atom stereocenters. The number of piperidine rings is 1. The van der Waals surface area contributed by atoms with Crippen molar-refractivity contribution in [3.05, 3.63) is 28.2 Å². The predicted octanol–water partition coefficient (Wildman–Crippen LogP) is 7.17. The van der Waals surface area contributed by atoms with Gasteiger partial charge >= 0.3 is 0 Å². The van der Waals surface area contributed by atoms with E-state index in [4.69, 9.17) is 4.74 Å². The molecule has 1 saturated carbocycles. The molecule has 0 amide bonds. The van der Waals surface area contributed by atoms with Crippen LogP contribution in [0.3, 0.4) is 0 Å². The zero-order valence-corrected chi connectivity index (χ0v) is 22.7. The van der Waals surface area contributed by atoms with Crippen molar-refractivity contribution in [3.8, 4) is 5.75 Å². The summed E-state index contributed by atoms with van der Waals surface area (Å²) in [4.78, 5) is 5.40. The lowest BCUT2D eigenvalue weighted by atomic mass is 9.82. The fourth-order valence-corrected chi connectivity index (χ4v) is 6.33. The molecule has 2 fully saturated rings. The highest BCUT2D eigenvalue weighted by Crippen LogP contribution is 2.32. The summed E-state index contributed by atoms with van der Waals surface area (Å²) in [5.41, 5.74) is 1.40. The van der Waals surface area contributed by atoms with Crippen LogP contribution in [0.2, 0.25) is 0 Å². The van der Waals surface area contributed by atoms with E-state index in [0.29, 0.717) is 0 Å². The third kappa shape index (κ3) is 8.02. The first-order chi connectivity index (χ1) is 15.5. The number of hydrogen-bond acceptors (Lipinski definition) is 3. The van der Waals surface area contributed by atoms with Crippen LogP contribution in [-0.4, -0.2) is 54.7 Å². The number of nitrogens with zero attached hydrogens (tertiary/aromatic N) is 2. The second-order valence-electron chi connectivity index (χ2n) is 10.4. The summed E-state index contributed by atoms with van der Waals surface area (Å²) in [5, 5.41) is 0.